The Morgan fingerprint density at radius 3 is 1.52 bits per heavy atom. The zero-order valence-electron chi connectivity index (χ0n) is 28.1. The lowest BCUT2D eigenvalue weighted by Crippen LogP contribution is -2.10. The Kier molecular flexibility index (Phi) is 6.42. The van der Waals surface area contributed by atoms with Gasteiger partial charge in [-0.1, -0.05) is 103 Å². The minimum absolute atomic E-state index is 1.11. The third-order valence-corrected chi connectivity index (χ3v) is 11.6. The molecule has 8 aromatic carbocycles. The van der Waals surface area contributed by atoms with E-state index in [2.05, 4.69) is 202 Å². The second-order valence-corrected chi connectivity index (χ2v) is 14.4. The van der Waals surface area contributed by atoms with E-state index in [0.29, 0.717) is 0 Å². The van der Waals surface area contributed by atoms with E-state index in [1.807, 2.05) is 11.3 Å². The molecule has 0 saturated carbocycles. The summed E-state index contributed by atoms with van der Waals surface area (Å²) in [6, 6.07) is 68.4. The minimum atomic E-state index is 1.11. The number of thiophene rings is 1. The molecule has 0 atom stereocenters. The van der Waals surface area contributed by atoms with Crippen LogP contribution in [0.3, 0.4) is 0 Å². The lowest BCUT2D eigenvalue weighted by Gasteiger charge is -2.27. The van der Waals surface area contributed by atoms with Gasteiger partial charge in [0.2, 0.25) is 0 Å². The first-order valence-electron chi connectivity index (χ1n) is 17.7. The van der Waals surface area contributed by atoms with Gasteiger partial charge >= 0.3 is 0 Å². The molecule has 244 valence electrons. The quantitative estimate of drug-likeness (QED) is 0.176. The number of para-hydroxylation sites is 4. The van der Waals surface area contributed by atoms with Crippen molar-refractivity contribution in [2.45, 2.75) is 0 Å². The second kappa shape index (κ2) is 11.5. The van der Waals surface area contributed by atoms with Crippen LogP contribution in [0.1, 0.15) is 0 Å². The average Bonchev–Trinajstić information content (AvgIpc) is 3.87. The van der Waals surface area contributed by atoms with Crippen LogP contribution in [-0.4, -0.2) is 9.13 Å². The highest BCUT2D eigenvalue weighted by molar-refractivity contribution is 7.26. The van der Waals surface area contributed by atoms with Gasteiger partial charge in [0, 0.05) is 64.5 Å². The molecule has 0 spiro atoms. The van der Waals surface area contributed by atoms with Crippen LogP contribution in [0.4, 0.5) is 17.1 Å². The van der Waals surface area contributed by atoms with Crippen LogP contribution >= 0.6 is 11.3 Å². The van der Waals surface area contributed by atoms with Gasteiger partial charge in [-0.05, 0) is 84.9 Å². The Labute approximate surface area is 304 Å². The van der Waals surface area contributed by atoms with Crippen molar-refractivity contribution >= 4 is 92.2 Å². The number of fused-ring (bicyclic) bond motifs is 9. The van der Waals surface area contributed by atoms with Gasteiger partial charge in [0.05, 0.1) is 27.8 Å². The highest BCUT2D eigenvalue weighted by atomic mass is 32.1. The molecule has 0 aliphatic carbocycles. The molecule has 11 rings (SSSR count). The van der Waals surface area contributed by atoms with Crippen LogP contribution in [-0.2, 0) is 0 Å². The third-order valence-electron chi connectivity index (χ3n) is 10.5. The summed E-state index contributed by atoms with van der Waals surface area (Å²) >= 11 is 1.86. The molecule has 0 N–H and O–H groups in total. The largest absolute Gasteiger partial charge is 0.310 e. The van der Waals surface area contributed by atoms with Crippen LogP contribution in [0.2, 0.25) is 0 Å². The van der Waals surface area contributed by atoms with Crippen molar-refractivity contribution < 1.29 is 0 Å². The Morgan fingerprint density at radius 2 is 0.846 bits per heavy atom. The number of rotatable bonds is 5. The number of hydrogen-bond acceptors (Lipinski definition) is 2. The number of benzene rings is 8. The highest BCUT2D eigenvalue weighted by Gasteiger charge is 2.21. The van der Waals surface area contributed by atoms with Crippen molar-refractivity contribution in [3.8, 4) is 11.4 Å². The highest BCUT2D eigenvalue weighted by Crippen LogP contribution is 2.46. The lowest BCUT2D eigenvalue weighted by atomic mass is 10.1. The fourth-order valence-electron chi connectivity index (χ4n) is 8.27. The Balaban J connectivity index is 1.17. The smallest absolute Gasteiger partial charge is 0.0561 e. The number of aromatic nitrogens is 2. The molecule has 4 heteroatoms. The summed E-state index contributed by atoms with van der Waals surface area (Å²) in [5, 5.41) is 7.58. The predicted octanol–water partition coefficient (Wildman–Crippen LogP) is 13.7. The first-order chi connectivity index (χ1) is 25.8. The van der Waals surface area contributed by atoms with E-state index in [1.165, 1.54) is 69.5 Å². The molecule has 0 aliphatic rings. The molecule has 0 fully saturated rings. The lowest BCUT2D eigenvalue weighted by molar-refractivity contribution is 1.17. The Morgan fingerprint density at radius 1 is 0.346 bits per heavy atom. The predicted molar refractivity (Wildman–Crippen MR) is 223 cm³/mol. The zero-order chi connectivity index (χ0) is 34.2. The minimum Gasteiger partial charge on any atom is -0.310 e. The van der Waals surface area contributed by atoms with Gasteiger partial charge in [0.15, 0.2) is 0 Å². The summed E-state index contributed by atoms with van der Waals surface area (Å²) in [5.41, 5.74) is 10.5. The van der Waals surface area contributed by atoms with Gasteiger partial charge < -0.3 is 14.0 Å². The van der Waals surface area contributed by atoms with Gasteiger partial charge in [0.25, 0.3) is 0 Å². The van der Waals surface area contributed by atoms with E-state index < -0.39 is 0 Å². The van der Waals surface area contributed by atoms with E-state index in [-0.39, 0.29) is 0 Å². The van der Waals surface area contributed by atoms with Crippen molar-refractivity contribution in [2.75, 3.05) is 4.90 Å². The number of nitrogens with zero attached hydrogens (tertiary/aromatic N) is 3. The molecule has 52 heavy (non-hydrogen) atoms. The van der Waals surface area contributed by atoms with E-state index in [0.717, 1.165) is 22.7 Å². The van der Waals surface area contributed by atoms with Gasteiger partial charge in [0.1, 0.15) is 0 Å². The topological polar surface area (TPSA) is 13.1 Å². The summed E-state index contributed by atoms with van der Waals surface area (Å²) in [6.45, 7) is 0. The van der Waals surface area contributed by atoms with E-state index in [9.17, 15) is 0 Å². The normalized spacial score (nSPS) is 11.8. The van der Waals surface area contributed by atoms with E-state index in [1.54, 1.807) is 0 Å². The fraction of sp³-hybridized carbons (Fsp3) is 0. The Bertz CT molecular complexity index is 3080. The maximum Gasteiger partial charge on any atom is 0.0561 e. The maximum absolute atomic E-state index is 2.45. The molecule has 3 aromatic heterocycles. The molecule has 0 radical (unpaired) electrons. The number of anilines is 3. The standard InChI is InChI=1S/C48H31N3S/c1-2-13-32(14-3-1)51-43-21-10-6-17-38(43)39-30-29-35(31-45(39)51)49(44-22-12-24-47-48(44)40-18-7-11-23-46(40)52-47)33-25-27-34(28-26-33)50-41-19-8-4-15-36(41)37-16-5-9-20-42(37)50/h1-31H. The summed E-state index contributed by atoms with van der Waals surface area (Å²) in [5.74, 6) is 0. The Hall–Kier alpha value is -6.62. The fourth-order valence-corrected chi connectivity index (χ4v) is 9.40. The van der Waals surface area contributed by atoms with Crippen molar-refractivity contribution in [1.29, 1.82) is 0 Å². The van der Waals surface area contributed by atoms with Crippen LogP contribution in [0.5, 0.6) is 0 Å². The molecule has 0 bridgehead atoms. The van der Waals surface area contributed by atoms with Crippen LogP contribution < -0.4 is 4.90 Å². The molecule has 3 heterocycles. The molecule has 0 unspecified atom stereocenters. The summed E-state index contributed by atoms with van der Waals surface area (Å²) in [6.07, 6.45) is 0. The average molecular weight is 682 g/mol. The maximum atomic E-state index is 2.45. The van der Waals surface area contributed by atoms with Gasteiger partial charge in [-0.15, -0.1) is 11.3 Å². The van der Waals surface area contributed by atoms with E-state index >= 15 is 0 Å². The molecule has 3 nitrogen and oxygen atoms in total. The molecular formula is C48H31N3S. The monoisotopic (exact) mass is 681 g/mol. The number of hydrogen-bond donors (Lipinski definition) is 0. The summed E-state index contributed by atoms with van der Waals surface area (Å²) in [7, 11) is 0. The van der Waals surface area contributed by atoms with Crippen LogP contribution in [0.25, 0.3) is 75.2 Å². The molecular weight excluding hydrogens is 651 g/mol. The van der Waals surface area contributed by atoms with Gasteiger partial charge in [-0.2, -0.15) is 0 Å². The zero-order valence-corrected chi connectivity index (χ0v) is 29.0. The van der Waals surface area contributed by atoms with Gasteiger partial charge in [-0.3, -0.25) is 0 Å². The van der Waals surface area contributed by atoms with Crippen molar-refractivity contribution in [3.05, 3.63) is 188 Å². The molecule has 11 aromatic rings. The summed E-state index contributed by atoms with van der Waals surface area (Å²) in [4.78, 5) is 2.45. The first-order valence-corrected chi connectivity index (χ1v) is 18.5. The van der Waals surface area contributed by atoms with Crippen molar-refractivity contribution in [3.63, 3.8) is 0 Å². The van der Waals surface area contributed by atoms with E-state index in [4.69, 9.17) is 0 Å². The summed E-state index contributed by atoms with van der Waals surface area (Å²) < 4.78 is 7.37. The van der Waals surface area contributed by atoms with Crippen molar-refractivity contribution in [2.24, 2.45) is 0 Å². The first kappa shape index (κ1) is 29.1. The molecule has 0 amide bonds. The molecule has 0 saturated heterocycles. The van der Waals surface area contributed by atoms with Crippen molar-refractivity contribution in [1.82, 2.24) is 9.13 Å². The third kappa shape index (κ3) is 4.31. The molecule has 0 aliphatic heterocycles. The SMILES string of the molecule is c1ccc(-n2c3ccccc3c3ccc(N(c4ccc(-n5c6ccccc6c6ccccc65)cc4)c4cccc5sc6ccccc6c45)cc32)cc1. The van der Waals surface area contributed by atoms with Gasteiger partial charge in [-0.25, -0.2) is 0 Å². The second-order valence-electron chi connectivity index (χ2n) is 13.4. The van der Waals surface area contributed by atoms with Crippen LogP contribution in [0, 0.1) is 0 Å². The van der Waals surface area contributed by atoms with Crippen LogP contribution in [0.15, 0.2) is 188 Å².